The van der Waals surface area contributed by atoms with Crippen LogP contribution in [0.15, 0.2) is 164 Å². The van der Waals surface area contributed by atoms with Crippen molar-refractivity contribution >= 4 is 17.1 Å². The lowest BCUT2D eigenvalue weighted by Crippen LogP contribution is -2.01. The van der Waals surface area contributed by atoms with E-state index in [1.165, 1.54) is 33.6 Å². The van der Waals surface area contributed by atoms with E-state index in [4.69, 9.17) is 9.97 Å². The molecule has 0 aliphatic heterocycles. The van der Waals surface area contributed by atoms with Crippen molar-refractivity contribution in [2.75, 3.05) is 0 Å². The first kappa shape index (κ1) is 28.0. The molecule has 8 aromatic rings. The zero-order valence-electron chi connectivity index (χ0n) is 26.4. The Kier molecular flexibility index (Phi) is 6.90. The van der Waals surface area contributed by atoms with Crippen molar-refractivity contribution < 1.29 is 0 Å². The van der Waals surface area contributed by atoms with Crippen LogP contribution in [0.5, 0.6) is 0 Å². The average Bonchev–Trinajstić information content (AvgIpc) is 3.75. The molecule has 0 saturated carbocycles. The largest absolute Gasteiger partial charge is 0.293 e. The van der Waals surface area contributed by atoms with Crippen molar-refractivity contribution in [3.05, 3.63) is 175 Å². The van der Waals surface area contributed by atoms with E-state index in [0.29, 0.717) is 0 Å². The molecule has 0 fully saturated rings. The lowest BCUT2D eigenvalue weighted by atomic mass is 9.99. The molecule has 0 N–H and O–H groups in total. The molecular weight excluding hydrogens is 585 g/mol. The van der Waals surface area contributed by atoms with Crippen LogP contribution in [0.25, 0.3) is 73.5 Å². The number of imidazole rings is 2. The highest BCUT2D eigenvalue weighted by Gasteiger charge is 2.20. The van der Waals surface area contributed by atoms with Crippen molar-refractivity contribution in [2.24, 2.45) is 0 Å². The molecule has 4 nitrogen and oxygen atoms in total. The van der Waals surface area contributed by atoms with Crippen molar-refractivity contribution in [3.8, 4) is 56.4 Å². The average molecular weight is 617 g/mol. The zero-order chi connectivity index (χ0) is 31.9. The number of allylic oxidation sites excluding steroid dienone is 1. The lowest BCUT2D eigenvalue weighted by molar-refractivity contribution is 0.936. The van der Waals surface area contributed by atoms with Crippen molar-refractivity contribution in [2.45, 2.75) is 12.8 Å². The van der Waals surface area contributed by atoms with Gasteiger partial charge in [0.25, 0.3) is 0 Å². The summed E-state index contributed by atoms with van der Waals surface area (Å²) >= 11 is 0. The monoisotopic (exact) mass is 616 g/mol. The summed E-state index contributed by atoms with van der Waals surface area (Å²) in [5, 5.41) is 0. The van der Waals surface area contributed by atoms with E-state index in [2.05, 4.69) is 167 Å². The first-order valence-electron chi connectivity index (χ1n) is 16.5. The maximum atomic E-state index is 5.11. The van der Waals surface area contributed by atoms with Gasteiger partial charge >= 0.3 is 0 Å². The normalized spacial score (nSPS) is 12.3. The van der Waals surface area contributed by atoms with E-state index >= 15 is 0 Å². The molecule has 0 saturated heterocycles. The number of rotatable bonds is 6. The Labute approximate surface area is 279 Å². The minimum absolute atomic E-state index is 0.940. The molecule has 48 heavy (non-hydrogen) atoms. The molecule has 0 bridgehead atoms. The van der Waals surface area contributed by atoms with Crippen LogP contribution in [0.1, 0.15) is 17.8 Å². The van der Waals surface area contributed by atoms with Gasteiger partial charge in [0.05, 0.1) is 22.4 Å². The predicted molar refractivity (Wildman–Crippen MR) is 197 cm³/mol. The summed E-state index contributed by atoms with van der Waals surface area (Å²) in [5.41, 5.74) is 13.6. The van der Waals surface area contributed by atoms with E-state index in [9.17, 15) is 0 Å². The second kappa shape index (κ2) is 11.8. The van der Waals surface area contributed by atoms with Gasteiger partial charge in [0.1, 0.15) is 11.6 Å². The molecule has 6 aromatic carbocycles. The molecule has 0 radical (unpaired) electrons. The summed E-state index contributed by atoms with van der Waals surface area (Å²) in [7, 11) is 0. The third-order valence-electron chi connectivity index (χ3n) is 9.24. The van der Waals surface area contributed by atoms with Gasteiger partial charge in [-0.25, -0.2) is 9.97 Å². The van der Waals surface area contributed by atoms with Gasteiger partial charge in [-0.15, -0.1) is 0 Å². The molecule has 228 valence electrons. The summed E-state index contributed by atoms with van der Waals surface area (Å²) < 4.78 is 4.53. The zero-order valence-corrected chi connectivity index (χ0v) is 26.4. The van der Waals surface area contributed by atoms with Crippen LogP contribution in [-0.2, 0) is 6.42 Å². The van der Waals surface area contributed by atoms with Gasteiger partial charge < -0.3 is 0 Å². The summed E-state index contributed by atoms with van der Waals surface area (Å²) in [5.74, 6) is 1.93. The maximum absolute atomic E-state index is 5.11. The summed E-state index contributed by atoms with van der Waals surface area (Å²) in [4.78, 5) is 10.1. The summed E-state index contributed by atoms with van der Waals surface area (Å²) in [6.07, 6.45) is 6.47. The lowest BCUT2D eigenvalue weighted by Gasteiger charge is -2.12. The minimum atomic E-state index is 0.940. The Morgan fingerprint density at radius 1 is 0.417 bits per heavy atom. The van der Waals surface area contributed by atoms with Crippen molar-refractivity contribution in [3.63, 3.8) is 0 Å². The number of hydrogen-bond acceptors (Lipinski definition) is 2. The van der Waals surface area contributed by atoms with Gasteiger partial charge in [0.15, 0.2) is 0 Å². The number of aromatic nitrogens is 4. The Balaban J connectivity index is 0.989. The Morgan fingerprint density at radius 2 is 0.875 bits per heavy atom. The fourth-order valence-corrected chi connectivity index (χ4v) is 6.82. The number of fused-ring (bicyclic) bond motifs is 2. The molecule has 9 rings (SSSR count). The quantitative estimate of drug-likeness (QED) is 0.186. The van der Waals surface area contributed by atoms with Gasteiger partial charge in [-0.3, -0.25) is 9.13 Å². The minimum Gasteiger partial charge on any atom is -0.293 e. The first-order chi connectivity index (χ1) is 23.8. The molecule has 2 heterocycles. The maximum Gasteiger partial charge on any atom is 0.145 e. The van der Waals surface area contributed by atoms with E-state index in [1.54, 1.807) is 0 Å². The van der Waals surface area contributed by atoms with E-state index in [0.717, 1.165) is 58.0 Å². The van der Waals surface area contributed by atoms with Crippen LogP contribution in [0.2, 0.25) is 0 Å². The van der Waals surface area contributed by atoms with E-state index in [1.807, 2.05) is 12.1 Å². The van der Waals surface area contributed by atoms with Gasteiger partial charge in [-0.2, -0.15) is 0 Å². The molecule has 0 atom stereocenters. The number of aryl methyl sites for hydroxylation is 1. The van der Waals surface area contributed by atoms with Crippen LogP contribution >= 0.6 is 0 Å². The van der Waals surface area contributed by atoms with Gasteiger partial charge in [-0.05, 0) is 77.6 Å². The second-order valence-corrected chi connectivity index (χ2v) is 12.2. The molecular formula is C44H32N4. The highest BCUT2D eigenvalue weighted by molar-refractivity contribution is 5.84. The van der Waals surface area contributed by atoms with Gasteiger partial charge in [0, 0.05) is 22.5 Å². The van der Waals surface area contributed by atoms with E-state index < -0.39 is 0 Å². The Morgan fingerprint density at radius 3 is 1.44 bits per heavy atom. The third-order valence-corrected chi connectivity index (χ3v) is 9.24. The third kappa shape index (κ3) is 4.95. The van der Waals surface area contributed by atoms with Crippen molar-refractivity contribution in [1.82, 2.24) is 19.1 Å². The van der Waals surface area contributed by atoms with E-state index in [-0.39, 0.29) is 0 Å². The Bertz CT molecular complexity index is 2400. The topological polar surface area (TPSA) is 35.6 Å². The fourth-order valence-electron chi connectivity index (χ4n) is 6.82. The highest BCUT2D eigenvalue weighted by atomic mass is 15.1. The molecule has 4 heteroatoms. The van der Waals surface area contributed by atoms with Crippen LogP contribution in [-0.4, -0.2) is 19.1 Å². The molecule has 0 amide bonds. The second-order valence-electron chi connectivity index (χ2n) is 12.2. The van der Waals surface area contributed by atoms with Crippen molar-refractivity contribution in [1.29, 1.82) is 0 Å². The molecule has 0 unspecified atom stereocenters. The molecule has 1 aliphatic rings. The van der Waals surface area contributed by atoms with Gasteiger partial charge in [-0.1, -0.05) is 127 Å². The SMILES string of the molecule is C1=Cc2c(nc(-c3ccc(-c4ccc(-c5ccc(-c6nc7ccccc7n6-c6ccccc6)cc5)cc4)cc3)n2-c2ccccc2)CC1. The number of para-hydroxylation sites is 4. The number of benzene rings is 6. The number of nitrogens with zero attached hydrogens (tertiary/aromatic N) is 4. The Hall–Kier alpha value is -6.26. The van der Waals surface area contributed by atoms with Crippen LogP contribution < -0.4 is 0 Å². The fraction of sp³-hybridized carbons (Fsp3) is 0.0455. The standard InChI is InChI=1S/C44H32N4/c1-3-11-37(12-4-1)47-41-17-9-7-15-39(41)45-43(47)35-27-23-33(24-28-35)31-19-21-32(22-20-31)34-25-29-36(30-26-34)44-46-40-16-8-10-18-42(40)48(44)38-13-5-2-6-14-38/h1-7,9-15,17-30H,8,16H2. The van der Waals surface area contributed by atoms with Gasteiger partial charge in [0.2, 0.25) is 0 Å². The molecule has 0 spiro atoms. The van der Waals surface area contributed by atoms with Crippen LogP contribution in [0.3, 0.4) is 0 Å². The van der Waals surface area contributed by atoms with Crippen LogP contribution in [0.4, 0.5) is 0 Å². The van der Waals surface area contributed by atoms with Crippen LogP contribution in [0, 0.1) is 0 Å². The highest BCUT2D eigenvalue weighted by Crippen LogP contribution is 2.34. The smallest absolute Gasteiger partial charge is 0.145 e. The summed E-state index contributed by atoms with van der Waals surface area (Å²) in [6.45, 7) is 0. The predicted octanol–water partition coefficient (Wildman–Crippen LogP) is 10.8. The first-order valence-corrected chi connectivity index (χ1v) is 16.5. The molecule has 2 aromatic heterocycles. The summed E-state index contributed by atoms with van der Waals surface area (Å²) in [6, 6.07) is 55.7. The number of hydrogen-bond donors (Lipinski definition) is 0. The molecule has 1 aliphatic carbocycles.